The van der Waals surface area contributed by atoms with E-state index in [1.165, 1.54) is 19.3 Å². The Kier molecular flexibility index (Phi) is 5.60. The smallest absolute Gasteiger partial charge is 0.267 e. The Morgan fingerprint density at radius 3 is 2.73 bits per heavy atom. The maximum atomic E-state index is 11.3. The van der Waals surface area contributed by atoms with E-state index in [0.717, 1.165) is 15.4 Å². The van der Waals surface area contributed by atoms with Crippen LogP contribution in [0, 0.1) is 0 Å². The van der Waals surface area contributed by atoms with Gasteiger partial charge in [0.25, 0.3) is 5.91 Å². The van der Waals surface area contributed by atoms with Gasteiger partial charge in [-0.2, -0.15) is 0 Å². The van der Waals surface area contributed by atoms with E-state index in [0.29, 0.717) is 29.3 Å². The summed E-state index contributed by atoms with van der Waals surface area (Å²) in [6, 6.07) is 11.3. The van der Waals surface area contributed by atoms with Gasteiger partial charge in [-0.25, -0.2) is 5.48 Å². The quantitative estimate of drug-likeness (QED) is 0.355. The molecule has 26 heavy (non-hydrogen) atoms. The van der Waals surface area contributed by atoms with E-state index >= 15 is 0 Å². The predicted octanol–water partition coefficient (Wildman–Crippen LogP) is 4.30. The number of carbonyl (C=O) groups excluding carboxylic acids is 1. The van der Waals surface area contributed by atoms with Crippen LogP contribution in [-0.2, 0) is 11.4 Å². The standard InChI is InChI=1S/C19H16BrNO5/c1-24-19-17-14(8-9-25-17)10-13(4-7-16(22)21-23)18(19)26-11-12-2-5-15(20)6-3-12/h2-10,23H,11H2,1H3,(H,21,22). The van der Waals surface area contributed by atoms with Crippen molar-refractivity contribution in [2.45, 2.75) is 6.61 Å². The predicted molar refractivity (Wildman–Crippen MR) is 100 cm³/mol. The fraction of sp³-hybridized carbons (Fsp3) is 0.105. The number of fused-ring (bicyclic) bond motifs is 1. The third-order valence-corrected chi connectivity index (χ3v) is 4.24. The zero-order valence-electron chi connectivity index (χ0n) is 13.9. The van der Waals surface area contributed by atoms with Gasteiger partial charge in [0.15, 0.2) is 11.3 Å². The molecule has 1 amide bonds. The van der Waals surface area contributed by atoms with Gasteiger partial charge in [0.2, 0.25) is 5.75 Å². The van der Waals surface area contributed by atoms with Gasteiger partial charge in [0, 0.05) is 21.5 Å². The average Bonchev–Trinajstić information content (AvgIpc) is 3.13. The van der Waals surface area contributed by atoms with Gasteiger partial charge in [-0.15, -0.1) is 0 Å². The van der Waals surface area contributed by atoms with Crippen LogP contribution in [-0.4, -0.2) is 18.2 Å². The Hall–Kier alpha value is -2.77. The van der Waals surface area contributed by atoms with Gasteiger partial charge < -0.3 is 13.9 Å². The fourth-order valence-corrected chi connectivity index (χ4v) is 2.75. The van der Waals surface area contributed by atoms with Gasteiger partial charge >= 0.3 is 0 Å². The molecule has 0 aliphatic rings. The van der Waals surface area contributed by atoms with Crippen LogP contribution in [0.4, 0.5) is 0 Å². The molecule has 0 saturated heterocycles. The summed E-state index contributed by atoms with van der Waals surface area (Å²) >= 11 is 3.40. The van der Waals surface area contributed by atoms with Crippen molar-refractivity contribution in [3.05, 3.63) is 64.3 Å². The molecule has 0 radical (unpaired) electrons. The number of hydrogen-bond acceptors (Lipinski definition) is 5. The number of furan rings is 1. The number of hydrogen-bond donors (Lipinski definition) is 2. The second kappa shape index (κ2) is 8.07. The molecule has 0 atom stereocenters. The van der Waals surface area contributed by atoms with Crippen molar-refractivity contribution in [1.82, 2.24) is 5.48 Å². The molecule has 0 aliphatic carbocycles. The molecule has 3 aromatic rings. The lowest BCUT2D eigenvalue weighted by molar-refractivity contribution is -0.124. The fourth-order valence-electron chi connectivity index (χ4n) is 2.48. The van der Waals surface area contributed by atoms with Crippen molar-refractivity contribution in [2.75, 3.05) is 7.11 Å². The summed E-state index contributed by atoms with van der Waals surface area (Å²) in [6.07, 6.45) is 4.30. The first-order chi connectivity index (χ1) is 12.6. The molecule has 0 saturated carbocycles. The highest BCUT2D eigenvalue weighted by Gasteiger charge is 2.17. The summed E-state index contributed by atoms with van der Waals surface area (Å²) < 4.78 is 17.9. The molecule has 7 heteroatoms. The molecule has 0 unspecified atom stereocenters. The highest BCUT2D eigenvalue weighted by atomic mass is 79.9. The zero-order valence-corrected chi connectivity index (χ0v) is 15.4. The van der Waals surface area contributed by atoms with Crippen LogP contribution in [0.3, 0.4) is 0 Å². The van der Waals surface area contributed by atoms with E-state index in [-0.39, 0.29) is 0 Å². The van der Waals surface area contributed by atoms with Crippen molar-refractivity contribution < 1.29 is 23.9 Å². The van der Waals surface area contributed by atoms with Crippen molar-refractivity contribution in [3.63, 3.8) is 0 Å². The van der Waals surface area contributed by atoms with Crippen molar-refractivity contribution >= 4 is 38.9 Å². The molecule has 2 N–H and O–H groups in total. The molecule has 2 aromatic carbocycles. The van der Waals surface area contributed by atoms with Gasteiger partial charge in [-0.1, -0.05) is 28.1 Å². The third kappa shape index (κ3) is 3.89. The Labute approximate surface area is 158 Å². The number of carbonyl (C=O) groups is 1. The van der Waals surface area contributed by atoms with E-state index in [2.05, 4.69) is 15.9 Å². The minimum Gasteiger partial charge on any atom is -0.490 e. The lowest BCUT2D eigenvalue weighted by atomic mass is 10.1. The van der Waals surface area contributed by atoms with Crippen molar-refractivity contribution in [2.24, 2.45) is 0 Å². The van der Waals surface area contributed by atoms with Crippen molar-refractivity contribution in [3.8, 4) is 11.5 Å². The number of hydroxylamine groups is 1. The Morgan fingerprint density at radius 1 is 1.27 bits per heavy atom. The number of methoxy groups -OCH3 is 1. The lowest BCUT2D eigenvalue weighted by Gasteiger charge is -2.14. The summed E-state index contributed by atoms with van der Waals surface area (Å²) in [5.41, 5.74) is 3.71. The van der Waals surface area contributed by atoms with Gasteiger partial charge in [0.05, 0.1) is 13.4 Å². The highest BCUT2D eigenvalue weighted by molar-refractivity contribution is 9.10. The Balaban J connectivity index is 2.00. The molecule has 1 heterocycles. The highest BCUT2D eigenvalue weighted by Crippen LogP contribution is 2.40. The lowest BCUT2D eigenvalue weighted by Crippen LogP contribution is -2.14. The summed E-state index contributed by atoms with van der Waals surface area (Å²) in [6.45, 7) is 0.308. The maximum Gasteiger partial charge on any atom is 0.267 e. The monoisotopic (exact) mass is 417 g/mol. The summed E-state index contributed by atoms with van der Waals surface area (Å²) in [5.74, 6) is 0.239. The van der Waals surface area contributed by atoms with E-state index in [1.54, 1.807) is 17.8 Å². The van der Waals surface area contributed by atoms with Gasteiger partial charge in [-0.3, -0.25) is 10.0 Å². The number of amides is 1. The summed E-state index contributed by atoms with van der Waals surface area (Å²) in [7, 11) is 1.53. The molecule has 1 aromatic heterocycles. The first-order valence-electron chi connectivity index (χ1n) is 7.70. The second-order valence-corrected chi connectivity index (χ2v) is 6.31. The summed E-state index contributed by atoms with van der Waals surface area (Å²) in [4.78, 5) is 11.3. The topological polar surface area (TPSA) is 80.9 Å². The average molecular weight is 418 g/mol. The normalized spacial score (nSPS) is 11.0. The molecule has 6 nitrogen and oxygen atoms in total. The van der Waals surface area contributed by atoms with Gasteiger partial charge in [0.1, 0.15) is 6.61 Å². The van der Waals surface area contributed by atoms with E-state index in [1.807, 2.05) is 30.3 Å². The van der Waals surface area contributed by atoms with E-state index in [9.17, 15) is 4.79 Å². The SMILES string of the molecule is COc1c(OCc2ccc(Br)cc2)c(C=CC(=O)NO)cc2ccoc12. The minimum atomic E-state index is -0.643. The second-order valence-electron chi connectivity index (χ2n) is 5.39. The molecular weight excluding hydrogens is 402 g/mol. The first-order valence-corrected chi connectivity index (χ1v) is 8.49. The Morgan fingerprint density at radius 2 is 2.04 bits per heavy atom. The molecule has 134 valence electrons. The molecule has 0 aliphatic heterocycles. The number of benzene rings is 2. The molecule has 0 spiro atoms. The number of halogens is 1. The van der Waals surface area contributed by atoms with Crippen LogP contribution in [0.1, 0.15) is 11.1 Å². The van der Waals surface area contributed by atoms with Crippen LogP contribution >= 0.6 is 15.9 Å². The molecule has 0 fully saturated rings. The van der Waals surface area contributed by atoms with Crippen molar-refractivity contribution in [1.29, 1.82) is 0 Å². The minimum absolute atomic E-state index is 0.308. The van der Waals surface area contributed by atoms with Crippen LogP contribution in [0.15, 0.2) is 57.6 Å². The third-order valence-electron chi connectivity index (χ3n) is 3.71. The Bertz CT molecular complexity index is 946. The van der Waals surface area contributed by atoms with Gasteiger partial charge in [-0.05, 0) is 35.9 Å². The molecular formula is C19H16BrNO5. The van der Waals surface area contributed by atoms with Crippen LogP contribution in [0.25, 0.3) is 17.0 Å². The van der Waals surface area contributed by atoms with Crippen LogP contribution in [0.5, 0.6) is 11.5 Å². The maximum absolute atomic E-state index is 11.3. The van der Waals surface area contributed by atoms with Crippen LogP contribution < -0.4 is 15.0 Å². The summed E-state index contributed by atoms with van der Waals surface area (Å²) in [5, 5.41) is 9.48. The number of nitrogens with one attached hydrogen (secondary N) is 1. The molecule has 3 rings (SSSR count). The number of ether oxygens (including phenoxy) is 2. The number of rotatable bonds is 6. The van der Waals surface area contributed by atoms with E-state index in [4.69, 9.17) is 19.1 Å². The van der Waals surface area contributed by atoms with Crippen LogP contribution in [0.2, 0.25) is 0 Å². The zero-order chi connectivity index (χ0) is 18.5. The first kappa shape index (κ1) is 18.0. The molecule has 0 bridgehead atoms. The largest absolute Gasteiger partial charge is 0.490 e. The van der Waals surface area contributed by atoms with E-state index < -0.39 is 5.91 Å².